The summed E-state index contributed by atoms with van der Waals surface area (Å²) >= 11 is 0. The van der Waals surface area contributed by atoms with Gasteiger partial charge in [0, 0.05) is 13.1 Å². The van der Waals surface area contributed by atoms with Gasteiger partial charge in [-0.25, -0.2) is 4.39 Å². The Hall–Kier alpha value is -1.59. The highest BCUT2D eigenvalue weighted by atomic mass is 19.1. The maximum Gasteiger partial charge on any atom is 0.272 e. The molecule has 0 aliphatic rings. The van der Waals surface area contributed by atoms with Crippen LogP contribution >= 0.6 is 0 Å². The summed E-state index contributed by atoms with van der Waals surface area (Å²) in [7, 11) is 1.63. The van der Waals surface area contributed by atoms with Crippen LogP contribution in [0.15, 0.2) is 6.07 Å². The summed E-state index contributed by atoms with van der Waals surface area (Å²) in [6.07, 6.45) is 0. The predicted molar refractivity (Wildman–Crippen MR) is 50.5 cm³/mol. The van der Waals surface area contributed by atoms with E-state index < -0.39 is 18.6 Å². The monoisotopic (exact) mass is 200 g/mol. The summed E-state index contributed by atoms with van der Waals surface area (Å²) in [4.78, 5) is 11.4. The number of aryl methyl sites for hydroxylation is 1. The molecule has 1 aromatic rings. The van der Waals surface area contributed by atoms with Crippen molar-refractivity contribution in [2.45, 2.75) is 13.0 Å². The number of alkyl halides is 1. The average molecular weight is 200 g/mol. The fraction of sp³-hybridized carbons (Fsp3) is 0.500. The number of carbonyl (C=O) groups is 1. The third kappa shape index (κ3) is 2.21. The Morgan fingerprint density at radius 1 is 1.86 bits per heavy atom. The van der Waals surface area contributed by atoms with Gasteiger partial charge in [0.05, 0.1) is 6.04 Å². The van der Waals surface area contributed by atoms with Crippen molar-refractivity contribution in [2.75, 3.05) is 12.4 Å². The number of amides is 1. The van der Waals surface area contributed by atoms with Crippen LogP contribution in [0.1, 0.15) is 17.4 Å². The van der Waals surface area contributed by atoms with E-state index in [1.54, 1.807) is 14.0 Å². The first kappa shape index (κ1) is 10.5. The van der Waals surface area contributed by atoms with Crippen molar-refractivity contribution in [1.29, 1.82) is 0 Å². The van der Waals surface area contributed by atoms with E-state index in [0.717, 1.165) is 0 Å². The van der Waals surface area contributed by atoms with Crippen molar-refractivity contribution in [1.82, 2.24) is 15.1 Å². The van der Waals surface area contributed by atoms with Crippen LogP contribution in [0.4, 0.5) is 10.2 Å². The minimum Gasteiger partial charge on any atom is -0.384 e. The van der Waals surface area contributed by atoms with Gasteiger partial charge in [-0.05, 0) is 6.92 Å². The maximum absolute atomic E-state index is 12.1. The molecule has 0 saturated carbocycles. The van der Waals surface area contributed by atoms with Crippen molar-refractivity contribution in [2.24, 2.45) is 7.05 Å². The van der Waals surface area contributed by atoms with Crippen LogP contribution in [0.2, 0.25) is 0 Å². The predicted octanol–water partition coefficient (Wildman–Crippen LogP) is 0.0901. The van der Waals surface area contributed by atoms with E-state index in [2.05, 4.69) is 10.4 Å². The molecule has 0 radical (unpaired) electrons. The van der Waals surface area contributed by atoms with Crippen LogP contribution in [-0.4, -0.2) is 28.4 Å². The molecule has 3 N–H and O–H groups in total. The second-order valence-electron chi connectivity index (χ2n) is 3.11. The molecule has 0 aliphatic carbocycles. The third-order valence-electron chi connectivity index (χ3n) is 1.76. The molecule has 5 nitrogen and oxygen atoms in total. The molecule has 0 aliphatic heterocycles. The Labute approximate surface area is 81.1 Å². The number of rotatable bonds is 3. The largest absolute Gasteiger partial charge is 0.384 e. The number of carbonyl (C=O) groups excluding carboxylic acids is 1. The van der Waals surface area contributed by atoms with E-state index in [-0.39, 0.29) is 5.69 Å². The lowest BCUT2D eigenvalue weighted by Crippen LogP contribution is -2.34. The highest BCUT2D eigenvalue weighted by Gasteiger charge is 2.13. The molecular formula is C8H13FN4O. The first-order chi connectivity index (χ1) is 6.54. The number of anilines is 1. The summed E-state index contributed by atoms with van der Waals surface area (Å²) in [5.41, 5.74) is 5.69. The molecular weight excluding hydrogens is 187 g/mol. The molecule has 14 heavy (non-hydrogen) atoms. The number of nitrogens with two attached hydrogens (primary N) is 1. The number of nitrogen functional groups attached to an aromatic ring is 1. The van der Waals surface area contributed by atoms with Crippen LogP contribution in [0.25, 0.3) is 0 Å². The molecule has 1 rings (SSSR count). The topological polar surface area (TPSA) is 72.9 Å². The quantitative estimate of drug-likeness (QED) is 0.726. The van der Waals surface area contributed by atoms with Gasteiger partial charge in [-0.3, -0.25) is 9.48 Å². The second-order valence-corrected chi connectivity index (χ2v) is 3.11. The summed E-state index contributed by atoms with van der Waals surface area (Å²) in [5.74, 6) is -0.0227. The third-order valence-corrected chi connectivity index (χ3v) is 1.76. The van der Waals surface area contributed by atoms with E-state index in [1.165, 1.54) is 10.7 Å². The van der Waals surface area contributed by atoms with Crippen LogP contribution in [-0.2, 0) is 7.05 Å². The molecule has 0 bridgehead atoms. The molecule has 0 spiro atoms. The Morgan fingerprint density at radius 3 is 2.93 bits per heavy atom. The van der Waals surface area contributed by atoms with E-state index in [4.69, 9.17) is 5.73 Å². The molecule has 1 aromatic heterocycles. The Balaban J connectivity index is 2.70. The van der Waals surface area contributed by atoms with Gasteiger partial charge in [-0.1, -0.05) is 0 Å². The molecule has 1 heterocycles. The average Bonchev–Trinajstić information content (AvgIpc) is 2.47. The second kappa shape index (κ2) is 4.08. The molecule has 0 saturated heterocycles. The van der Waals surface area contributed by atoms with Crippen molar-refractivity contribution < 1.29 is 9.18 Å². The zero-order valence-corrected chi connectivity index (χ0v) is 8.12. The molecule has 0 aromatic carbocycles. The van der Waals surface area contributed by atoms with Gasteiger partial charge in [-0.15, -0.1) is 0 Å². The van der Waals surface area contributed by atoms with Crippen molar-refractivity contribution in [3.8, 4) is 0 Å². The van der Waals surface area contributed by atoms with Crippen LogP contribution in [0.3, 0.4) is 0 Å². The van der Waals surface area contributed by atoms with Gasteiger partial charge < -0.3 is 11.1 Å². The van der Waals surface area contributed by atoms with Gasteiger partial charge in [0.1, 0.15) is 12.5 Å². The van der Waals surface area contributed by atoms with Crippen molar-refractivity contribution >= 4 is 11.7 Å². The standard InChI is InChI=1S/C8H13FN4O/c1-5(4-9)11-8(14)6-3-7(10)13(2)12-6/h3,5H,4,10H2,1-2H3,(H,11,14)/t5-/m0/s1. The Bertz CT molecular complexity index is 317. The van der Waals surface area contributed by atoms with Crippen LogP contribution in [0.5, 0.6) is 0 Å². The zero-order chi connectivity index (χ0) is 10.7. The fourth-order valence-electron chi connectivity index (χ4n) is 0.929. The van der Waals surface area contributed by atoms with Crippen LogP contribution in [0, 0.1) is 0 Å². The lowest BCUT2D eigenvalue weighted by molar-refractivity contribution is 0.0928. The van der Waals surface area contributed by atoms with Gasteiger partial charge in [0.2, 0.25) is 0 Å². The minimum atomic E-state index is -0.603. The van der Waals surface area contributed by atoms with Gasteiger partial charge in [-0.2, -0.15) is 5.10 Å². The first-order valence-corrected chi connectivity index (χ1v) is 4.21. The Kier molecular flexibility index (Phi) is 3.06. The summed E-state index contributed by atoms with van der Waals surface area (Å²) < 4.78 is 13.5. The lowest BCUT2D eigenvalue weighted by atomic mass is 10.3. The maximum atomic E-state index is 12.1. The van der Waals surface area contributed by atoms with Gasteiger partial charge in [0.15, 0.2) is 5.69 Å². The van der Waals surface area contributed by atoms with Crippen molar-refractivity contribution in [3.63, 3.8) is 0 Å². The number of nitrogens with one attached hydrogen (secondary N) is 1. The number of nitrogens with zero attached hydrogens (tertiary/aromatic N) is 2. The molecule has 1 atom stereocenters. The number of halogens is 1. The van der Waals surface area contributed by atoms with Gasteiger partial charge in [0.25, 0.3) is 5.91 Å². The van der Waals surface area contributed by atoms with E-state index >= 15 is 0 Å². The number of hydrogen-bond donors (Lipinski definition) is 2. The van der Waals surface area contributed by atoms with E-state index in [1.807, 2.05) is 0 Å². The zero-order valence-electron chi connectivity index (χ0n) is 8.12. The normalized spacial score (nSPS) is 12.5. The Morgan fingerprint density at radius 2 is 2.50 bits per heavy atom. The summed E-state index contributed by atoms with van der Waals surface area (Å²) in [6.45, 7) is 0.970. The number of hydrogen-bond acceptors (Lipinski definition) is 3. The molecule has 0 unspecified atom stereocenters. The summed E-state index contributed by atoms with van der Waals surface area (Å²) in [6, 6.07) is 0.936. The highest BCUT2D eigenvalue weighted by molar-refractivity contribution is 5.93. The van der Waals surface area contributed by atoms with Crippen molar-refractivity contribution in [3.05, 3.63) is 11.8 Å². The summed E-state index contributed by atoms with van der Waals surface area (Å²) in [5, 5.41) is 6.30. The molecule has 1 amide bonds. The van der Waals surface area contributed by atoms with Crippen LogP contribution < -0.4 is 11.1 Å². The minimum absolute atomic E-state index is 0.199. The first-order valence-electron chi connectivity index (χ1n) is 4.21. The van der Waals surface area contributed by atoms with E-state index in [0.29, 0.717) is 5.82 Å². The lowest BCUT2D eigenvalue weighted by Gasteiger charge is -2.07. The number of aromatic nitrogens is 2. The highest BCUT2D eigenvalue weighted by Crippen LogP contribution is 2.04. The molecule has 6 heteroatoms. The SMILES string of the molecule is C[C@@H](CF)NC(=O)c1cc(N)n(C)n1. The van der Waals surface area contributed by atoms with Gasteiger partial charge >= 0.3 is 0 Å². The fourth-order valence-corrected chi connectivity index (χ4v) is 0.929. The smallest absolute Gasteiger partial charge is 0.272 e. The molecule has 0 fully saturated rings. The molecule has 78 valence electrons. The van der Waals surface area contributed by atoms with E-state index in [9.17, 15) is 9.18 Å².